The maximum atomic E-state index is 10.9. The van der Waals surface area contributed by atoms with E-state index in [9.17, 15) is 4.79 Å². The average Bonchev–Trinajstić information content (AvgIpc) is 2.67. The molecule has 1 aromatic carbocycles. The van der Waals surface area contributed by atoms with Gasteiger partial charge in [-0.05, 0) is 0 Å². The van der Waals surface area contributed by atoms with Crippen molar-refractivity contribution in [2.45, 2.75) is 0 Å². The summed E-state index contributed by atoms with van der Waals surface area (Å²) < 4.78 is 5.39. The average molecular weight is 330 g/mol. The van der Waals surface area contributed by atoms with Crippen LogP contribution >= 0.6 is 0 Å². The number of piperazine rings is 1. The summed E-state index contributed by atoms with van der Waals surface area (Å²) in [4.78, 5) is 22.4. The van der Waals surface area contributed by atoms with E-state index in [0.29, 0.717) is 0 Å². The van der Waals surface area contributed by atoms with E-state index < -0.39 is 0 Å². The molecule has 6 heteroatoms. The molecule has 3 rings (SSSR count). The van der Waals surface area contributed by atoms with Gasteiger partial charge < -0.3 is 14.5 Å². The first-order chi connectivity index (χ1) is 11.9. The first kappa shape index (κ1) is 16.9. The lowest BCUT2D eigenvalue weighted by Crippen LogP contribution is -2.48. The van der Waals surface area contributed by atoms with Gasteiger partial charge in [0.15, 0.2) is 0 Å². The van der Waals surface area contributed by atoms with Crippen LogP contribution in [0.25, 0.3) is 0 Å². The van der Waals surface area contributed by atoms with Crippen molar-refractivity contribution in [1.82, 2.24) is 14.7 Å². The van der Waals surface area contributed by atoms with Crippen LogP contribution in [-0.4, -0.2) is 92.5 Å². The van der Waals surface area contributed by atoms with E-state index >= 15 is 0 Å². The van der Waals surface area contributed by atoms with Crippen molar-refractivity contribution in [3.05, 3.63) is 35.9 Å². The fourth-order valence-corrected chi connectivity index (χ4v) is 3.12. The number of carbonyl (C=O) groups excluding carboxylic acids is 1. The number of benzene rings is 1. The number of rotatable bonds is 5. The Morgan fingerprint density at radius 2 is 1.75 bits per heavy atom. The largest absolute Gasteiger partial charge is 0.379 e. The Morgan fingerprint density at radius 3 is 2.42 bits per heavy atom. The van der Waals surface area contributed by atoms with Crippen LogP contribution in [0.1, 0.15) is 5.56 Å². The molecule has 0 aliphatic carbocycles. The number of hydrogen-bond acceptors (Lipinski definition) is 4. The molecule has 1 aromatic rings. The molecule has 0 saturated carbocycles. The fraction of sp³-hybridized carbons (Fsp3) is 0.556. The monoisotopic (exact) mass is 330 g/mol. The standard InChI is InChI=1S/C18H26N4O2/c23-16-21-8-10-22(11-9-21)18(17-4-2-1-3-5-17)19-6-7-20-12-14-24-15-13-20/h1-5,16H,6-15H2/b19-18+. The molecule has 0 bridgehead atoms. The predicted molar refractivity (Wildman–Crippen MR) is 94.3 cm³/mol. The highest BCUT2D eigenvalue weighted by Gasteiger charge is 2.20. The number of morpholine rings is 1. The van der Waals surface area contributed by atoms with Gasteiger partial charge in [-0.15, -0.1) is 0 Å². The molecular formula is C18H26N4O2. The molecule has 1 amide bonds. The highest BCUT2D eigenvalue weighted by Crippen LogP contribution is 2.10. The van der Waals surface area contributed by atoms with Gasteiger partial charge >= 0.3 is 0 Å². The van der Waals surface area contributed by atoms with Crippen molar-refractivity contribution in [2.75, 3.05) is 65.6 Å². The lowest BCUT2D eigenvalue weighted by Gasteiger charge is -2.35. The predicted octanol–water partition coefficient (Wildman–Crippen LogP) is 0.539. The summed E-state index contributed by atoms with van der Waals surface area (Å²) >= 11 is 0. The molecule has 0 radical (unpaired) electrons. The van der Waals surface area contributed by atoms with Crippen LogP contribution in [0.2, 0.25) is 0 Å². The summed E-state index contributed by atoms with van der Waals surface area (Å²) in [7, 11) is 0. The van der Waals surface area contributed by atoms with E-state index in [1.807, 2.05) is 11.0 Å². The number of amides is 1. The van der Waals surface area contributed by atoms with Crippen molar-refractivity contribution in [3.8, 4) is 0 Å². The molecule has 24 heavy (non-hydrogen) atoms. The summed E-state index contributed by atoms with van der Waals surface area (Å²) in [5.41, 5.74) is 1.15. The van der Waals surface area contributed by atoms with Crippen molar-refractivity contribution >= 4 is 12.2 Å². The van der Waals surface area contributed by atoms with E-state index in [0.717, 1.165) is 83.4 Å². The maximum absolute atomic E-state index is 10.9. The Balaban J connectivity index is 1.65. The molecule has 0 unspecified atom stereocenters. The van der Waals surface area contributed by atoms with Gasteiger partial charge in [-0.1, -0.05) is 30.3 Å². The number of hydrogen-bond donors (Lipinski definition) is 0. The molecule has 0 atom stereocenters. The van der Waals surface area contributed by atoms with Gasteiger partial charge in [-0.3, -0.25) is 14.7 Å². The van der Waals surface area contributed by atoms with Gasteiger partial charge in [0.25, 0.3) is 0 Å². The van der Waals surface area contributed by atoms with Gasteiger partial charge in [-0.25, -0.2) is 0 Å². The third-order valence-electron chi connectivity index (χ3n) is 4.58. The molecule has 0 spiro atoms. The second-order valence-electron chi connectivity index (χ2n) is 6.15. The summed E-state index contributed by atoms with van der Waals surface area (Å²) in [5.74, 6) is 1.05. The molecule has 0 aromatic heterocycles. The molecule has 130 valence electrons. The molecule has 0 N–H and O–H groups in total. The minimum Gasteiger partial charge on any atom is -0.379 e. The zero-order valence-electron chi connectivity index (χ0n) is 14.1. The second kappa shape index (κ2) is 8.80. The number of nitrogens with zero attached hydrogens (tertiary/aromatic N) is 4. The van der Waals surface area contributed by atoms with Crippen molar-refractivity contribution in [3.63, 3.8) is 0 Å². The summed E-state index contributed by atoms with van der Waals surface area (Å²) in [6.07, 6.45) is 0.940. The third kappa shape index (κ3) is 4.55. The lowest BCUT2D eigenvalue weighted by atomic mass is 10.1. The molecule has 2 fully saturated rings. The van der Waals surface area contributed by atoms with Crippen LogP contribution < -0.4 is 0 Å². The minimum atomic E-state index is 0.763. The minimum absolute atomic E-state index is 0.763. The maximum Gasteiger partial charge on any atom is 0.209 e. The van der Waals surface area contributed by atoms with E-state index in [1.54, 1.807) is 0 Å². The van der Waals surface area contributed by atoms with Crippen molar-refractivity contribution < 1.29 is 9.53 Å². The van der Waals surface area contributed by atoms with Gasteiger partial charge in [0.05, 0.1) is 19.8 Å². The highest BCUT2D eigenvalue weighted by atomic mass is 16.5. The van der Waals surface area contributed by atoms with Crippen molar-refractivity contribution in [2.24, 2.45) is 4.99 Å². The topological polar surface area (TPSA) is 48.4 Å². The first-order valence-electron chi connectivity index (χ1n) is 8.71. The van der Waals surface area contributed by atoms with Crippen molar-refractivity contribution in [1.29, 1.82) is 0 Å². The molecule has 2 heterocycles. The van der Waals surface area contributed by atoms with E-state index in [4.69, 9.17) is 9.73 Å². The molecule has 2 saturated heterocycles. The van der Waals surface area contributed by atoms with Crippen LogP contribution in [0.4, 0.5) is 0 Å². The Morgan fingerprint density at radius 1 is 1.04 bits per heavy atom. The molecular weight excluding hydrogens is 304 g/mol. The number of ether oxygens (including phenoxy) is 1. The number of carbonyl (C=O) groups is 1. The SMILES string of the molecule is O=CN1CCN(/C(=N/CCN2CCOCC2)c2ccccc2)CC1. The Labute approximate surface area is 143 Å². The van der Waals surface area contributed by atoms with Crippen LogP contribution in [0.5, 0.6) is 0 Å². The second-order valence-corrected chi connectivity index (χ2v) is 6.15. The Kier molecular flexibility index (Phi) is 6.20. The van der Waals surface area contributed by atoms with Crippen LogP contribution in [0.15, 0.2) is 35.3 Å². The molecule has 6 nitrogen and oxygen atoms in total. The Hall–Kier alpha value is -1.92. The molecule has 2 aliphatic rings. The Bertz CT molecular complexity index is 535. The van der Waals surface area contributed by atoms with E-state index in [-0.39, 0.29) is 0 Å². The summed E-state index contributed by atoms with van der Waals surface area (Å²) in [5, 5.41) is 0. The van der Waals surface area contributed by atoms with Gasteiger partial charge in [0.1, 0.15) is 5.84 Å². The summed E-state index contributed by atoms with van der Waals surface area (Å²) in [6, 6.07) is 10.3. The highest BCUT2D eigenvalue weighted by molar-refractivity contribution is 5.98. The third-order valence-corrected chi connectivity index (χ3v) is 4.58. The normalized spacial score (nSPS) is 20.2. The number of aliphatic imine (C=N–C) groups is 1. The number of amidine groups is 1. The van der Waals surface area contributed by atoms with E-state index in [1.165, 1.54) is 0 Å². The van der Waals surface area contributed by atoms with Gasteiger partial charge in [-0.2, -0.15) is 0 Å². The van der Waals surface area contributed by atoms with Crippen LogP contribution in [-0.2, 0) is 9.53 Å². The summed E-state index contributed by atoms with van der Waals surface area (Å²) in [6.45, 7) is 8.59. The fourth-order valence-electron chi connectivity index (χ4n) is 3.12. The van der Waals surface area contributed by atoms with Gasteiger partial charge in [0.2, 0.25) is 6.41 Å². The van der Waals surface area contributed by atoms with Crippen LogP contribution in [0, 0.1) is 0 Å². The van der Waals surface area contributed by atoms with Crippen LogP contribution in [0.3, 0.4) is 0 Å². The molecule has 2 aliphatic heterocycles. The smallest absolute Gasteiger partial charge is 0.209 e. The van der Waals surface area contributed by atoms with Gasteiger partial charge in [0, 0.05) is 51.4 Å². The first-order valence-corrected chi connectivity index (χ1v) is 8.71. The van der Waals surface area contributed by atoms with E-state index in [2.05, 4.69) is 34.1 Å². The lowest BCUT2D eigenvalue weighted by molar-refractivity contribution is -0.119. The zero-order chi connectivity index (χ0) is 16.6. The zero-order valence-corrected chi connectivity index (χ0v) is 14.1. The quantitative estimate of drug-likeness (QED) is 0.449.